The number of esters is 1. The van der Waals surface area contributed by atoms with Crippen molar-refractivity contribution < 1.29 is 31.8 Å². The van der Waals surface area contributed by atoms with Gasteiger partial charge in [-0.05, 0) is 42.7 Å². The van der Waals surface area contributed by atoms with Gasteiger partial charge in [-0.25, -0.2) is 17.5 Å². The molecule has 2 aromatic carbocycles. The Bertz CT molecular complexity index is 962. The van der Waals surface area contributed by atoms with Crippen molar-refractivity contribution in [3.63, 3.8) is 0 Å². The Balaban J connectivity index is 1.32. The standard InChI is InChI=1S/C21H24FNO6S/c22-17-7-5-16(6-8-17)15-29-21(24)4-2-1-3-11-23-30(25,26)18-9-10-19-20(14-18)28-13-12-27-19/h5-10,14,23H,1-4,11-13,15H2. The summed E-state index contributed by atoms with van der Waals surface area (Å²) < 4.78 is 56.1. The molecule has 7 nitrogen and oxygen atoms in total. The van der Waals surface area contributed by atoms with Gasteiger partial charge in [0.1, 0.15) is 25.6 Å². The minimum Gasteiger partial charge on any atom is -0.486 e. The molecule has 0 aliphatic carbocycles. The Kier molecular flexibility index (Phi) is 7.64. The molecule has 1 heterocycles. The van der Waals surface area contributed by atoms with E-state index in [0.717, 1.165) is 5.56 Å². The first-order valence-corrected chi connectivity index (χ1v) is 11.2. The topological polar surface area (TPSA) is 90.9 Å². The monoisotopic (exact) mass is 437 g/mol. The molecule has 0 saturated carbocycles. The fraction of sp³-hybridized carbons (Fsp3) is 0.381. The molecule has 0 bridgehead atoms. The van der Waals surface area contributed by atoms with E-state index in [2.05, 4.69) is 4.72 Å². The third kappa shape index (κ3) is 6.43. The van der Waals surface area contributed by atoms with Gasteiger partial charge in [0.05, 0.1) is 4.90 Å². The van der Waals surface area contributed by atoms with Crippen LogP contribution >= 0.6 is 0 Å². The average molecular weight is 437 g/mol. The van der Waals surface area contributed by atoms with Crippen LogP contribution in [-0.2, 0) is 26.2 Å². The van der Waals surface area contributed by atoms with Crippen LogP contribution in [0.25, 0.3) is 0 Å². The first kappa shape index (κ1) is 22.0. The Hall–Kier alpha value is -2.65. The van der Waals surface area contributed by atoms with Crippen LogP contribution in [-0.4, -0.2) is 34.1 Å². The van der Waals surface area contributed by atoms with E-state index in [1.165, 1.54) is 24.3 Å². The molecule has 0 radical (unpaired) electrons. The molecule has 1 aliphatic rings. The van der Waals surface area contributed by atoms with Crippen LogP contribution in [0.3, 0.4) is 0 Å². The first-order valence-electron chi connectivity index (χ1n) is 9.73. The number of ether oxygens (including phenoxy) is 3. The van der Waals surface area contributed by atoms with Crippen molar-refractivity contribution in [1.82, 2.24) is 4.72 Å². The summed E-state index contributed by atoms with van der Waals surface area (Å²) in [4.78, 5) is 11.9. The van der Waals surface area contributed by atoms with E-state index in [1.54, 1.807) is 18.2 Å². The smallest absolute Gasteiger partial charge is 0.306 e. The summed E-state index contributed by atoms with van der Waals surface area (Å²) in [5, 5.41) is 0. The SMILES string of the molecule is O=C(CCCCCNS(=O)(=O)c1ccc2c(c1)OCCO2)OCc1ccc(F)cc1. The highest BCUT2D eigenvalue weighted by Gasteiger charge is 2.18. The number of carbonyl (C=O) groups excluding carboxylic acids is 1. The largest absolute Gasteiger partial charge is 0.486 e. The highest BCUT2D eigenvalue weighted by atomic mass is 32.2. The number of nitrogens with one attached hydrogen (secondary N) is 1. The molecule has 0 atom stereocenters. The van der Waals surface area contributed by atoms with Gasteiger partial charge in [0.25, 0.3) is 0 Å². The zero-order valence-corrected chi connectivity index (χ0v) is 17.3. The summed E-state index contributed by atoms with van der Waals surface area (Å²) in [6.45, 7) is 1.20. The zero-order valence-electron chi connectivity index (χ0n) is 16.4. The van der Waals surface area contributed by atoms with Crippen LogP contribution in [0.1, 0.15) is 31.2 Å². The molecule has 1 aliphatic heterocycles. The van der Waals surface area contributed by atoms with Crippen molar-refractivity contribution >= 4 is 16.0 Å². The predicted octanol–water partition coefficient (Wildman–Crippen LogP) is 3.18. The summed E-state index contributed by atoms with van der Waals surface area (Å²) in [5.41, 5.74) is 0.721. The Morgan fingerprint density at radius 3 is 2.50 bits per heavy atom. The lowest BCUT2D eigenvalue weighted by molar-refractivity contribution is -0.145. The van der Waals surface area contributed by atoms with Crippen LogP contribution in [0.4, 0.5) is 4.39 Å². The van der Waals surface area contributed by atoms with Gasteiger partial charge in [0.2, 0.25) is 10.0 Å². The Labute approximate surface area is 175 Å². The second-order valence-corrected chi connectivity index (χ2v) is 8.57. The van der Waals surface area contributed by atoms with Crippen molar-refractivity contribution in [2.24, 2.45) is 0 Å². The average Bonchev–Trinajstić information content (AvgIpc) is 2.75. The molecule has 9 heteroatoms. The lowest BCUT2D eigenvalue weighted by Gasteiger charge is -2.18. The van der Waals surface area contributed by atoms with Crippen LogP contribution in [0, 0.1) is 5.82 Å². The first-order chi connectivity index (χ1) is 14.4. The lowest BCUT2D eigenvalue weighted by Crippen LogP contribution is -2.25. The number of sulfonamides is 1. The second kappa shape index (κ2) is 10.4. The summed E-state index contributed by atoms with van der Waals surface area (Å²) in [5.74, 6) is 0.278. The maximum Gasteiger partial charge on any atom is 0.306 e. The third-order valence-corrected chi connectivity index (χ3v) is 5.95. The molecule has 0 saturated heterocycles. The molecule has 0 spiro atoms. The normalized spacial score (nSPS) is 13.1. The molecule has 0 amide bonds. The number of benzene rings is 2. The molecular weight excluding hydrogens is 413 g/mol. The van der Waals surface area contributed by atoms with E-state index in [4.69, 9.17) is 14.2 Å². The van der Waals surface area contributed by atoms with E-state index in [9.17, 15) is 17.6 Å². The summed E-state index contributed by atoms with van der Waals surface area (Å²) in [6.07, 6.45) is 2.11. The number of carbonyl (C=O) groups is 1. The molecule has 162 valence electrons. The number of unbranched alkanes of at least 4 members (excludes halogenated alkanes) is 2. The molecule has 0 unspecified atom stereocenters. The van der Waals surface area contributed by atoms with Crippen LogP contribution < -0.4 is 14.2 Å². The van der Waals surface area contributed by atoms with Crippen molar-refractivity contribution in [3.05, 3.63) is 53.8 Å². The number of fused-ring (bicyclic) bond motifs is 1. The van der Waals surface area contributed by atoms with E-state index in [0.29, 0.717) is 44.0 Å². The third-order valence-electron chi connectivity index (χ3n) is 4.49. The number of halogens is 1. The van der Waals surface area contributed by atoms with E-state index in [1.807, 2.05) is 0 Å². The molecule has 30 heavy (non-hydrogen) atoms. The molecule has 3 rings (SSSR count). The lowest BCUT2D eigenvalue weighted by atomic mass is 10.2. The molecule has 0 aromatic heterocycles. The number of rotatable bonds is 10. The van der Waals surface area contributed by atoms with Crippen LogP contribution in [0.2, 0.25) is 0 Å². The molecule has 1 N–H and O–H groups in total. The van der Waals surface area contributed by atoms with E-state index < -0.39 is 10.0 Å². The fourth-order valence-electron chi connectivity index (χ4n) is 2.87. The summed E-state index contributed by atoms with van der Waals surface area (Å²) >= 11 is 0. The number of hydrogen-bond donors (Lipinski definition) is 1. The minimum atomic E-state index is -3.64. The van der Waals surface area contributed by atoms with E-state index in [-0.39, 0.29) is 36.3 Å². The van der Waals surface area contributed by atoms with Gasteiger partial charge in [-0.3, -0.25) is 4.79 Å². The molecular formula is C21H24FNO6S. The predicted molar refractivity (Wildman–Crippen MR) is 107 cm³/mol. The van der Waals surface area contributed by atoms with Gasteiger partial charge < -0.3 is 14.2 Å². The Morgan fingerprint density at radius 2 is 1.73 bits per heavy atom. The van der Waals surface area contributed by atoms with Crippen molar-refractivity contribution in [3.8, 4) is 11.5 Å². The van der Waals surface area contributed by atoms with Gasteiger partial charge in [0, 0.05) is 19.0 Å². The zero-order chi connectivity index (χ0) is 21.4. The Morgan fingerprint density at radius 1 is 1.00 bits per heavy atom. The van der Waals surface area contributed by atoms with Crippen LogP contribution in [0.5, 0.6) is 11.5 Å². The van der Waals surface area contributed by atoms with Crippen molar-refractivity contribution in [2.75, 3.05) is 19.8 Å². The minimum absolute atomic E-state index is 0.106. The van der Waals surface area contributed by atoms with Crippen LogP contribution in [0.15, 0.2) is 47.4 Å². The van der Waals surface area contributed by atoms with Crippen molar-refractivity contribution in [2.45, 2.75) is 37.2 Å². The highest BCUT2D eigenvalue weighted by molar-refractivity contribution is 7.89. The van der Waals surface area contributed by atoms with Crippen molar-refractivity contribution in [1.29, 1.82) is 0 Å². The number of hydrogen-bond acceptors (Lipinski definition) is 6. The van der Waals surface area contributed by atoms with E-state index >= 15 is 0 Å². The van der Waals surface area contributed by atoms with Gasteiger partial charge in [-0.1, -0.05) is 18.6 Å². The maximum atomic E-state index is 12.8. The second-order valence-electron chi connectivity index (χ2n) is 6.80. The fourth-order valence-corrected chi connectivity index (χ4v) is 3.96. The van der Waals surface area contributed by atoms with Gasteiger partial charge in [0.15, 0.2) is 11.5 Å². The van der Waals surface area contributed by atoms with Gasteiger partial charge >= 0.3 is 5.97 Å². The highest BCUT2D eigenvalue weighted by Crippen LogP contribution is 2.32. The molecule has 0 fully saturated rings. The van der Waals surface area contributed by atoms with Gasteiger partial charge in [-0.15, -0.1) is 0 Å². The molecule has 2 aromatic rings. The summed E-state index contributed by atoms with van der Waals surface area (Å²) in [7, 11) is -3.64. The van der Waals surface area contributed by atoms with Gasteiger partial charge in [-0.2, -0.15) is 0 Å². The maximum absolute atomic E-state index is 12.8. The quantitative estimate of drug-likeness (QED) is 0.454. The summed E-state index contributed by atoms with van der Waals surface area (Å²) in [6, 6.07) is 10.3.